The lowest BCUT2D eigenvalue weighted by Crippen LogP contribution is -2.43. The van der Waals surface area contributed by atoms with E-state index in [0.717, 1.165) is 19.3 Å². The van der Waals surface area contributed by atoms with Crippen molar-refractivity contribution in [2.24, 2.45) is 5.92 Å². The van der Waals surface area contributed by atoms with Crippen molar-refractivity contribution in [1.82, 2.24) is 10.6 Å². The number of aliphatic hydroxyl groups excluding tert-OH is 1. The van der Waals surface area contributed by atoms with Crippen molar-refractivity contribution in [2.45, 2.75) is 39.2 Å². The van der Waals surface area contributed by atoms with Crippen LogP contribution in [0, 0.1) is 5.92 Å². The van der Waals surface area contributed by atoms with Crippen LogP contribution in [-0.2, 0) is 17.6 Å². The monoisotopic (exact) mass is 304 g/mol. The minimum absolute atomic E-state index is 0.0168. The van der Waals surface area contributed by atoms with Crippen LogP contribution in [0.2, 0.25) is 0 Å². The summed E-state index contributed by atoms with van der Waals surface area (Å²) in [6.45, 7) is 3.65. The highest BCUT2D eigenvalue weighted by Gasteiger charge is 2.16. The van der Waals surface area contributed by atoms with E-state index in [-0.39, 0.29) is 36.9 Å². The van der Waals surface area contributed by atoms with Crippen molar-refractivity contribution in [3.8, 4) is 0 Å². The molecule has 0 radical (unpaired) electrons. The molecule has 0 aromatic heterocycles. The molecule has 3 N–H and O–H groups in total. The zero-order valence-electron chi connectivity index (χ0n) is 13.2. The van der Waals surface area contributed by atoms with Crippen LogP contribution in [0.4, 0.5) is 0 Å². The van der Waals surface area contributed by atoms with Gasteiger partial charge in [0.15, 0.2) is 0 Å². The van der Waals surface area contributed by atoms with E-state index in [4.69, 9.17) is 5.11 Å². The largest absolute Gasteiger partial charge is 0.396 e. The van der Waals surface area contributed by atoms with E-state index in [1.54, 1.807) is 0 Å². The van der Waals surface area contributed by atoms with Gasteiger partial charge in [0.05, 0.1) is 6.54 Å². The van der Waals surface area contributed by atoms with Crippen LogP contribution < -0.4 is 10.6 Å². The first-order chi connectivity index (χ1) is 10.5. The average Bonchev–Trinajstić information content (AvgIpc) is 2.99. The predicted octanol–water partition coefficient (Wildman–Crippen LogP) is 1.04. The highest BCUT2D eigenvalue weighted by molar-refractivity contribution is 5.96. The quantitative estimate of drug-likeness (QED) is 0.735. The van der Waals surface area contributed by atoms with Crippen LogP contribution in [0.1, 0.15) is 41.8 Å². The van der Waals surface area contributed by atoms with Gasteiger partial charge in [-0.15, -0.1) is 0 Å². The number of hydrogen-bond acceptors (Lipinski definition) is 3. The van der Waals surface area contributed by atoms with Gasteiger partial charge in [0, 0.05) is 18.2 Å². The number of benzene rings is 1. The van der Waals surface area contributed by atoms with Crippen molar-refractivity contribution >= 4 is 11.8 Å². The van der Waals surface area contributed by atoms with Gasteiger partial charge in [0.2, 0.25) is 5.91 Å². The second kappa shape index (κ2) is 7.40. The summed E-state index contributed by atoms with van der Waals surface area (Å²) in [6, 6.07) is 5.61. The highest BCUT2D eigenvalue weighted by Crippen LogP contribution is 2.22. The smallest absolute Gasteiger partial charge is 0.251 e. The average molecular weight is 304 g/mol. The van der Waals surface area contributed by atoms with Crippen molar-refractivity contribution in [3.05, 3.63) is 34.9 Å². The molecule has 2 amide bonds. The number of hydrogen-bond donors (Lipinski definition) is 3. The third-order valence-electron chi connectivity index (χ3n) is 4.30. The fraction of sp³-hybridized carbons (Fsp3) is 0.529. The molecule has 0 heterocycles. The molecule has 0 saturated heterocycles. The van der Waals surface area contributed by atoms with Crippen molar-refractivity contribution in [2.75, 3.05) is 13.2 Å². The molecule has 1 aromatic carbocycles. The molecule has 5 nitrogen and oxygen atoms in total. The standard InChI is InChI=1S/C17H24N2O3/c1-11(10-20)12(2)19-16(21)9-18-17(22)15-7-6-13-4-3-5-14(13)8-15/h6-8,11-12,20H,3-5,9-10H2,1-2H3,(H,18,22)(H,19,21). The molecule has 0 spiro atoms. The zero-order chi connectivity index (χ0) is 16.1. The summed E-state index contributed by atoms with van der Waals surface area (Å²) < 4.78 is 0. The summed E-state index contributed by atoms with van der Waals surface area (Å²) in [7, 11) is 0. The molecule has 0 fully saturated rings. The van der Waals surface area contributed by atoms with E-state index >= 15 is 0 Å². The molecule has 0 saturated carbocycles. The number of rotatable bonds is 6. The third-order valence-corrected chi connectivity index (χ3v) is 4.30. The van der Waals surface area contributed by atoms with Crippen LogP contribution >= 0.6 is 0 Å². The normalized spacial score (nSPS) is 15.8. The number of nitrogens with one attached hydrogen (secondary N) is 2. The van der Waals surface area contributed by atoms with Crippen molar-refractivity contribution in [3.63, 3.8) is 0 Å². The Balaban J connectivity index is 1.84. The van der Waals surface area contributed by atoms with Gasteiger partial charge in [0.25, 0.3) is 5.91 Å². The Morgan fingerprint density at radius 1 is 1.23 bits per heavy atom. The molecule has 2 rings (SSSR count). The molecule has 2 unspecified atom stereocenters. The molecule has 2 atom stereocenters. The molecule has 0 aliphatic heterocycles. The summed E-state index contributed by atoms with van der Waals surface area (Å²) in [5, 5.41) is 14.4. The lowest BCUT2D eigenvalue weighted by Gasteiger charge is -2.19. The Hall–Kier alpha value is -1.88. The Bertz CT molecular complexity index is 557. The molecule has 22 heavy (non-hydrogen) atoms. The SMILES string of the molecule is CC(CO)C(C)NC(=O)CNC(=O)c1ccc2c(c1)CCC2. The van der Waals surface area contributed by atoms with E-state index in [9.17, 15) is 9.59 Å². The van der Waals surface area contributed by atoms with Crippen molar-refractivity contribution in [1.29, 1.82) is 0 Å². The highest BCUT2D eigenvalue weighted by atomic mass is 16.3. The molecule has 120 valence electrons. The second-order valence-electron chi connectivity index (χ2n) is 6.04. The van der Waals surface area contributed by atoms with Crippen LogP contribution in [0.15, 0.2) is 18.2 Å². The number of carbonyl (C=O) groups is 2. The molecular formula is C17H24N2O3. The van der Waals surface area contributed by atoms with Crippen LogP contribution in [0.25, 0.3) is 0 Å². The topological polar surface area (TPSA) is 78.4 Å². The van der Waals surface area contributed by atoms with E-state index in [1.165, 1.54) is 11.1 Å². The van der Waals surface area contributed by atoms with E-state index in [0.29, 0.717) is 5.56 Å². The first-order valence-electron chi connectivity index (χ1n) is 7.81. The molecule has 1 aromatic rings. The van der Waals surface area contributed by atoms with Gasteiger partial charge in [-0.25, -0.2) is 0 Å². The zero-order valence-corrected chi connectivity index (χ0v) is 13.2. The summed E-state index contributed by atoms with van der Waals surface area (Å²) >= 11 is 0. The van der Waals surface area contributed by atoms with E-state index in [2.05, 4.69) is 10.6 Å². The summed E-state index contributed by atoms with van der Waals surface area (Å²) in [5.74, 6) is -0.494. The lowest BCUT2D eigenvalue weighted by atomic mass is 10.1. The first-order valence-corrected chi connectivity index (χ1v) is 7.81. The van der Waals surface area contributed by atoms with E-state index in [1.807, 2.05) is 32.0 Å². The fourth-order valence-corrected chi connectivity index (χ4v) is 2.58. The molecule has 5 heteroatoms. The predicted molar refractivity (Wildman–Crippen MR) is 84.7 cm³/mol. The molecule has 1 aliphatic carbocycles. The number of fused-ring (bicyclic) bond motifs is 1. The maximum Gasteiger partial charge on any atom is 0.251 e. The first kappa shape index (κ1) is 16.5. The molecular weight excluding hydrogens is 280 g/mol. The van der Waals surface area contributed by atoms with Gasteiger partial charge in [-0.2, -0.15) is 0 Å². The van der Waals surface area contributed by atoms with Crippen LogP contribution in [0.5, 0.6) is 0 Å². The van der Waals surface area contributed by atoms with Crippen LogP contribution in [0.3, 0.4) is 0 Å². The van der Waals surface area contributed by atoms with Crippen molar-refractivity contribution < 1.29 is 14.7 Å². The van der Waals surface area contributed by atoms with Gasteiger partial charge in [-0.1, -0.05) is 13.0 Å². The van der Waals surface area contributed by atoms with Gasteiger partial charge < -0.3 is 15.7 Å². The Kier molecular flexibility index (Phi) is 5.55. The Morgan fingerprint density at radius 2 is 1.95 bits per heavy atom. The fourth-order valence-electron chi connectivity index (χ4n) is 2.58. The number of carbonyl (C=O) groups excluding carboxylic acids is 2. The van der Waals surface area contributed by atoms with E-state index < -0.39 is 0 Å². The number of aryl methyl sites for hydroxylation is 2. The number of amides is 2. The maximum absolute atomic E-state index is 12.1. The minimum Gasteiger partial charge on any atom is -0.396 e. The molecule has 0 bridgehead atoms. The summed E-state index contributed by atoms with van der Waals surface area (Å²) in [6.07, 6.45) is 3.25. The summed E-state index contributed by atoms with van der Waals surface area (Å²) in [5.41, 5.74) is 3.16. The number of aliphatic hydroxyl groups is 1. The molecule has 1 aliphatic rings. The maximum atomic E-state index is 12.1. The lowest BCUT2D eigenvalue weighted by molar-refractivity contribution is -0.121. The minimum atomic E-state index is -0.248. The Labute approximate surface area is 131 Å². The summed E-state index contributed by atoms with van der Waals surface area (Å²) in [4.78, 5) is 23.9. The Morgan fingerprint density at radius 3 is 2.68 bits per heavy atom. The third kappa shape index (κ3) is 4.07. The van der Waals surface area contributed by atoms with Gasteiger partial charge in [-0.3, -0.25) is 9.59 Å². The van der Waals surface area contributed by atoms with Gasteiger partial charge in [0.1, 0.15) is 0 Å². The van der Waals surface area contributed by atoms with Gasteiger partial charge >= 0.3 is 0 Å². The second-order valence-corrected chi connectivity index (χ2v) is 6.04. The van der Waals surface area contributed by atoms with Crippen LogP contribution in [-0.4, -0.2) is 36.1 Å². The van der Waals surface area contributed by atoms with Gasteiger partial charge in [-0.05, 0) is 55.4 Å².